The summed E-state index contributed by atoms with van der Waals surface area (Å²) in [6, 6.07) is -1.61. The number of rotatable bonds is 20. The summed E-state index contributed by atoms with van der Waals surface area (Å²) in [6.07, 6.45) is -17.0. The van der Waals surface area contributed by atoms with Gasteiger partial charge in [-0.1, -0.05) is 0 Å². The van der Waals surface area contributed by atoms with Crippen molar-refractivity contribution in [1.29, 1.82) is 0 Å². The highest BCUT2D eigenvalue weighted by molar-refractivity contribution is 6.60. The first-order valence-electron chi connectivity index (χ1n) is 12.9. The molecule has 0 saturated carbocycles. The summed E-state index contributed by atoms with van der Waals surface area (Å²) in [5.41, 5.74) is 0. The third-order valence-electron chi connectivity index (χ3n) is 6.32. The maximum absolute atomic E-state index is 14.4. The summed E-state index contributed by atoms with van der Waals surface area (Å²) in [6.45, 7) is 2.00. The van der Waals surface area contributed by atoms with Crippen LogP contribution in [0.1, 0.15) is 33.6 Å². The number of hydrogen-bond donors (Lipinski definition) is 0. The molecule has 0 spiro atoms. The molecule has 300 valence electrons. The van der Waals surface area contributed by atoms with Gasteiger partial charge in [0.15, 0.2) is 5.83 Å². The van der Waals surface area contributed by atoms with Gasteiger partial charge in [-0.25, -0.2) is 4.39 Å². The summed E-state index contributed by atoms with van der Waals surface area (Å²) in [7, 11) is -4.53. The molecule has 0 aliphatic heterocycles. The number of allylic oxidation sites excluding steroid dienone is 2. The van der Waals surface area contributed by atoms with Crippen LogP contribution in [-0.2, 0) is 13.3 Å². The maximum Gasteiger partial charge on any atom is 0.501 e. The molecule has 0 atom stereocenters. The van der Waals surface area contributed by atoms with Crippen LogP contribution < -0.4 is 0 Å². The summed E-state index contributed by atoms with van der Waals surface area (Å²) in [5, 5.41) is 0. The Hall–Kier alpha value is -1.84. The second-order valence-corrected chi connectivity index (χ2v) is 12.5. The Bertz CT molecular complexity index is 1150. The van der Waals surface area contributed by atoms with Crippen LogP contribution in [0.15, 0.2) is 11.9 Å². The van der Waals surface area contributed by atoms with E-state index >= 15 is 0 Å². The molecule has 50 heavy (non-hydrogen) atoms. The third kappa shape index (κ3) is 7.76. The molecule has 0 aliphatic carbocycles. The average Bonchev–Trinajstić information content (AvgIpc) is 2.93. The third-order valence-corrected chi connectivity index (χ3v) is 9.36. The Kier molecular flexibility index (Phi) is 14.0. The van der Waals surface area contributed by atoms with E-state index in [9.17, 15) is 105 Å². The van der Waals surface area contributed by atoms with Crippen LogP contribution in [-0.4, -0.2) is 94.0 Å². The zero-order valence-corrected chi connectivity index (χ0v) is 25.6. The van der Waals surface area contributed by atoms with Gasteiger partial charge in [-0.2, -0.15) is 101 Å². The normalized spacial score (nSPS) is 16.3. The largest absolute Gasteiger partial charge is 0.501 e. The van der Waals surface area contributed by atoms with Crippen LogP contribution >= 0.6 is 0 Å². The summed E-state index contributed by atoms with van der Waals surface area (Å²) >= 11 is 0. The van der Waals surface area contributed by atoms with E-state index < -0.39 is 125 Å². The van der Waals surface area contributed by atoms with Gasteiger partial charge in [0.25, 0.3) is 0 Å². The molecule has 0 fully saturated rings. The van der Waals surface area contributed by atoms with E-state index in [4.69, 9.17) is 13.3 Å². The van der Waals surface area contributed by atoms with E-state index in [1.165, 1.54) is 0 Å². The SMILES string of the molecule is CCO[Si](CCC(F)(F)C(F)(F)C(F)(F)C(F)(F)C(F)(F)/C(F)=C/CC(F)(F)C(F)(F)C(F)(F)C(F)(F)C(F)(F)C(F)(F)F)(OCC)OCC. The van der Waals surface area contributed by atoms with Crippen LogP contribution in [0, 0.1) is 0 Å². The first-order chi connectivity index (χ1) is 21.8. The van der Waals surface area contributed by atoms with Gasteiger partial charge >= 0.3 is 74.2 Å². The van der Waals surface area contributed by atoms with Crippen molar-refractivity contribution in [1.82, 2.24) is 0 Å². The van der Waals surface area contributed by atoms with Gasteiger partial charge in [0.1, 0.15) is 0 Å². The molecule has 3 nitrogen and oxygen atoms in total. The summed E-state index contributed by atoms with van der Waals surface area (Å²) in [4.78, 5) is 0. The monoisotopic (exact) mass is 818 g/mol. The fraction of sp³-hybridized carbons (Fsp3) is 0.909. The fourth-order valence-corrected chi connectivity index (χ4v) is 6.14. The van der Waals surface area contributed by atoms with Crippen molar-refractivity contribution < 1.29 is 119 Å². The van der Waals surface area contributed by atoms with Crippen molar-refractivity contribution in [3.8, 4) is 0 Å². The second-order valence-electron chi connectivity index (χ2n) is 9.74. The summed E-state index contributed by atoms with van der Waals surface area (Å²) in [5.74, 6) is -84.2. The van der Waals surface area contributed by atoms with E-state index in [0.717, 1.165) is 20.8 Å². The van der Waals surface area contributed by atoms with Gasteiger partial charge in [0.05, 0.1) is 0 Å². The minimum absolute atomic E-state index is 0.481. The number of halogens is 24. The van der Waals surface area contributed by atoms with Gasteiger partial charge in [-0.3, -0.25) is 0 Å². The molecule has 0 heterocycles. The Morgan fingerprint density at radius 2 is 0.780 bits per heavy atom. The van der Waals surface area contributed by atoms with Crippen molar-refractivity contribution >= 4 is 8.80 Å². The lowest BCUT2D eigenvalue weighted by molar-refractivity contribution is -0.439. The van der Waals surface area contributed by atoms with Gasteiger partial charge in [0, 0.05) is 38.7 Å². The van der Waals surface area contributed by atoms with Gasteiger partial charge in [-0.15, -0.1) is 0 Å². The van der Waals surface area contributed by atoms with Crippen molar-refractivity contribution in [2.24, 2.45) is 0 Å². The molecule has 0 aromatic rings. The van der Waals surface area contributed by atoms with Crippen LogP contribution in [0.5, 0.6) is 0 Å². The number of alkyl halides is 23. The lowest BCUT2D eigenvalue weighted by atomic mass is 9.91. The fourth-order valence-electron chi connectivity index (χ4n) is 3.52. The molecule has 0 amide bonds. The van der Waals surface area contributed by atoms with Crippen molar-refractivity contribution in [2.75, 3.05) is 19.8 Å². The predicted molar refractivity (Wildman–Crippen MR) is 119 cm³/mol. The lowest BCUT2D eigenvalue weighted by Crippen LogP contribution is -2.70. The molecule has 0 N–H and O–H groups in total. The van der Waals surface area contributed by atoms with E-state index in [2.05, 4.69) is 0 Å². The number of hydrogen-bond acceptors (Lipinski definition) is 3. The highest BCUT2D eigenvalue weighted by atomic mass is 28.4. The molecule has 0 aliphatic rings. The zero-order valence-electron chi connectivity index (χ0n) is 24.6. The van der Waals surface area contributed by atoms with Crippen LogP contribution in [0.3, 0.4) is 0 Å². The minimum atomic E-state index is -8.58. The standard InChI is InChI=1S/C22H22F24O3Si/c1-4-47-50(48-5-2,49-6-3)10-9-13(26,27)16(32,33)18(36,37)17(34,35)14(28,29)11(23)7-8-12(24,25)15(30,31)19(38,39)20(40,41)21(42,43)22(44,45)46/h7H,4-6,8-10H2,1-3H3/b11-7-. The molecular formula is C22H22F24O3Si. The van der Waals surface area contributed by atoms with Crippen LogP contribution in [0.4, 0.5) is 105 Å². The maximum atomic E-state index is 14.4. The zero-order chi connectivity index (χ0) is 40.6. The van der Waals surface area contributed by atoms with Crippen LogP contribution in [0.2, 0.25) is 6.04 Å². The quantitative estimate of drug-likeness (QED) is 0.0905. The highest BCUT2D eigenvalue weighted by Crippen LogP contribution is 2.62. The Morgan fingerprint density at radius 3 is 1.12 bits per heavy atom. The molecule has 28 heteroatoms. The van der Waals surface area contributed by atoms with Gasteiger partial charge in [-0.05, 0) is 26.8 Å². The van der Waals surface area contributed by atoms with E-state index in [-0.39, 0.29) is 0 Å². The topological polar surface area (TPSA) is 27.7 Å². The molecular weight excluding hydrogens is 796 g/mol. The van der Waals surface area contributed by atoms with Crippen LogP contribution in [0.25, 0.3) is 0 Å². The molecule has 0 rings (SSSR count). The molecule has 0 radical (unpaired) electrons. The molecule has 0 unspecified atom stereocenters. The first kappa shape index (κ1) is 48.2. The molecule has 0 saturated heterocycles. The van der Waals surface area contributed by atoms with Crippen molar-refractivity contribution in [3.63, 3.8) is 0 Å². The van der Waals surface area contributed by atoms with Gasteiger partial charge in [0.2, 0.25) is 0 Å². The van der Waals surface area contributed by atoms with Crippen molar-refractivity contribution in [3.05, 3.63) is 11.9 Å². The first-order valence-corrected chi connectivity index (χ1v) is 14.8. The average molecular weight is 818 g/mol. The predicted octanol–water partition coefficient (Wildman–Crippen LogP) is 10.6. The smallest absolute Gasteiger partial charge is 0.374 e. The Labute approximate surface area is 265 Å². The second kappa shape index (κ2) is 14.5. The molecule has 0 aromatic heterocycles. The summed E-state index contributed by atoms with van der Waals surface area (Å²) < 4.78 is 341. The minimum Gasteiger partial charge on any atom is -0.374 e. The van der Waals surface area contributed by atoms with Gasteiger partial charge < -0.3 is 13.3 Å². The highest BCUT2D eigenvalue weighted by Gasteiger charge is 2.91. The lowest BCUT2D eigenvalue weighted by Gasteiger charge is -2.40. The van der Waals surface area contributed by atoms with E-state index in [1.54, 1.807) is 0 Å². The van der Waals surface area contributed by atoms with E-state index in [0.29, 0.717) is 0 Å². The molecule has 0 aromatic carbocycles. The van der Waals surface area contributed by atoms with E-state index in [1.807, 2.05) is 0 Å². The molecule has 0 bridgehead atoms. The Morgan fingerprint density at radius 1 is 0.460 bits per heavy atom. The van der Waals surface area contributed by atoms with Crippen molar-refractivity contribution in [2.45, 2.75) is 105 Å². The Balaban J connectivity index is 6.73.